The first kappa shape index (κ1) is 17.8. The molecule has 0 spiro atoms. The molecule has 0 saturated heterocycles. The van der Waals surface area contributed by atoms with Gasteiger partial charge in [-0.15, -0.1) is 0 Å². The Hall–Kier alpha value is -1.56. The largest absolute Gasteiger partial charge is 0.368 e. The molecule has 0 saturated carbocycles. The molecule has 0 aliphatic carbocycles. The zero-order valence-corrected chi connectivity index (χ0v) is 15.0. The number of amides is 2. The third kappa shape index (κ3) is 4.70. The number of nitrogens with one attached hydrogen (secondary N) is 1. The van der Waals surface area contributed by atoms with E-state index in [1.807, 2.05) is 0 Å². The van der Waals surface area contributed by atoms with E-state index in [1.54, 1.807) is 42.5 Å². The fourth-order valence-corrected chi connectivity index (χ4v) is 2.98. The van der Waals surface area contributed by atoms with Crippen LogP contribution in [0.1, 0.15) is 15.9 Å². The predicted octanol–water partition coefficient (Wildman–Crippen LogP) is 3.58. The highest BCUT2D eigenvalue weighted by Gasteiger charge is 2.22. The molecule has 0 fully saturated rings. The Morgan fingerprint density at radius 1 is 1.13 bits per heavy atom. The van der Waals surface area contributed by atoms with Crippen molar-refractivity contribution in [1.82, 2.24) is 5.32 Å². The molecule has 0 aliphatic rings. The van der Waals surface area contributed by atoms with E-state index in [-0.39, 0.29) is 6.42 Å². The Bertz CT molecular complexity index is 732. The van der Waals surface area contributed by atoms with Gasteiger partial charge in [-0.05, 0) is 35.9 Å². The molecule has 2 amide bonds. The highest BCUT2D eigenvalue weighted by atomic mass is 79.9. The maximum absolute atomic E-state index is 12.3. The van der Waals surface area contributed by atoms with Gasteiger partial charge >= 0.3 is 0 Å². The van der Waals surface area contributed by atoms with E-state index in [0.717, 1.165) is 4.47 Å². The molecule has 4 nitrogen and oxygen atoms in total. The molecular weight excluding hydrogens is 403 g/mol. The van der Waals surface area contributed by atoms with Crippen molar-refractivity contribution in [1.29, 1.82) is 0 Å². The summed E-state index contributed by atoms with van der Waals surface area (Å²) in [7, 11) is 0. The van der Waals surface area contributed by atoms with Crippen molar-refractivity contribution >= 4 is 50.9 Å². The minimum atomic E-state index is -0.918. The van der Waals surface area contributed by atoms with Crippen molar-refractivity contribution in [2.75, 3.05) is 0 Å². The van der Waals surface area contributed by atoms with Crippen LogP contribution in [-0.4, -0.2) is 17.9 Å². The first-order chi connectivity index (χ1) is 10.9. The fourth-order valence-electron chi connectivity index (χ4n) is 2.03. The normalized spacial score (nSPS) is 11.8. The first-order valence-electron chi connectivity index (χ1n) is 6.67. The minimum Gasteiger partial charge on any atom is -0.368 e. The van der Waals surface area contributed by atoms with Gasteiger partial charge in [0, 0.05) is 26.5 Å². The van der Waals surface area contributed by atoms with E-state index in [1.165, 1.54) is 0 Å². The molecule has 2 aromatic carbocycles. The van der Waals surface area contributed by atoms with E-state index in [9.17, 15) is 9.59 Å². The van der Waals surface area contributed by atoms with Crippen LogP contribution in [0.15, 0.2) is 46.9 Å². The standard InChI is InChI=1S/C16H13BrCl2N2O2/c17-10-4-1-3-9(7-10)16(23)21-14(15(20)22)8-11-12(18)5-2-6-13(11)19/h1-7,14H,8H2,(H2,20,22)(H,21,23)/t14-/m1/s1. The van der Waals surface area contributed by atoms with E-state index >= 15 is 0 Å². The highest BCUT2D eigenvalue weighted by Crippen LogP contribution is 2.25. The summed E-state index contributed by atoms with van der Waals surface area (Å²) in [6.07, 6.45) is 0.119. The molecule has 0 unspecified atom stereocenters. The maximum atomic E-state index is 12.3. The van der Waals surface area contributed by atoms with Gasteiger partial charge in [0.15, 0.2) is 0 Å². The van der Waals surface area contributed by atoms with E-state index in [0.29, 0.717) is 21.2 Å². The third-order valence-electron chi connectivity index (χ3n) is 3.21. The van der Waals surface area contributed by atoms with Gasteiger partial charge < -0.3 is 11.1 Å². The lowest BCUT2D eigenvalue weighted by Gasteiger charge is -2.17. The van der Waals surface area contributed by atoms with Crippen molar-refractivity contribution < 1.29 is 9.59 Å². The monoisotopic (exact) mass is 414 g/mol. The molecule has 1 atom stereocenters. The number of benzene rings is 2. The van der Waals surface area contributed by atoms with Crippen molar-refractivity contribution in [3.05, 3.63) is 68.1 Å². The number of halogens is 3. The number of primary amides is 1. The van der Waals surface area contributed by atoms with Crippen molar-refractivity contribution in [3.8, 4) is 0 Å². The second-order valence-corrected chi connectivity index (χ2v) is 6.57. The van der Waals surface area contributed by atoms with Crippen molar-refractivity contribution in [2.45, 2.75) is 12.5 Å². The molecule has 0 aliphatic heterocycles. The second kappa shape index (κ2) is 7.81. The van der Waals surface area contributed by atoms with Crippen LogP contribution in [0.25, 0.3) is 0 Å². The molecule has 7 heteroatoms. The fraction of sp³-hybridized carbons (Fsp3) is 0.125. The lowest BCUT2D eigenvalue weighted by Crippen LogP contribution is -2.46. The van der Waals surface area contributed by atoms with Gasteiger partial charge in [0.2, 0.25) is 5.91 Å². The molecule has 120 valence electrons. The van der Waals surface area contributed by atoms with Gasteiger partial charge in [0.25, 0.3) is 5.91 Å². The summed E-state index contributed by atoms with van der Waals surface area (Å²) in [5, 5.41) is 3.45. The molecule has 2 rings (SSSR count). The zero-order chi connectivity index (χ0) is 17.0. The molecule has 0 heterocycles. The quantitative estimate of drug-likeness (QED) is 0.783. The molecule has 0 bridgehead atoms. The molecule has 2 aromatic rings. The summed E-state index contributed by atoms with van der Waals surface area (Å²) in [6.45, 7) is 0. The summed E-state index contributed by atoms with van der Waals surface area (Å²) in [4.78, 5) is 23.9. The average molecular weight is 416 g/mol. The molecule has 23 heavy (non-hydrogen) atoms. The SMILES string of the molecule is NC(=O)[C@@H](Cc1c(Cl)cccc1Cl)NC(=O)c1cccc(Br)c1. The van der Waals surface area contributed by atoms with Crippen LogP contribution in [0.5, 0.6) is 0 Å². The van der Waals surface area contributed by atoms with Crippen molar-refractivity contribution in [2.24, 2.45) is 5.73 Å². The Morgan fingerprint density at radius 2 is 1.74 bits per heavy atom. The lowest BCUT2D eigenvalue weighted by atomic mass is 10.0. The van der Waals surface area contributed by atoms with Crippen LogP contribution in [0, 0.1) is 0 Å². The van der Waals surface area contributed by atoms with E-state index in [4.69, 9.17) is 28.9 Å². The van der Waals surface area contributed by atoms with Gasteiger partial charge in [0.05, 0.1) is 0 Å². The number of nitrogens with two attached hydrogens (primary N) is 1. The van der Waals surface area contributed by atoms with Gasteiger partial charge in [-0.1, -0.05) is 51.3 Å². The van der Waals surface area contributed by atoms with Crippen LogP contribution >= 0.6 is 39.1 Å². The van der Waals surface area contributed by atoms with Gasteiger partial charge in [0.1, 0.15) is 6.04 Å². The smallest absolute Gasteiger partial charge is 0.251 e. The van der Waals surface area contributed by atoms with Crippen LogP contribution in [0.2, 0.25) is 10.0 Å². The van der Waals surface area contributed by atoms with Gasteiger partial charge in [-0.25, -0.2) is 0 Å². The highest BCUT2D eigenvalue weighted by molar-refractivity contribution is 9.10. The number of carbonyl (C=O) groups excluding carboxylic acids is 2. The summed E-state index contributed by atoms with van der Waals surface area (Å²) in [5.41, 5.74) is 6.37. The number of hydrogen-bond donors (Lipinski definition) is 2. The molecule has 0 radical (unpaired) electrons. The zero-order valence-electron chi connectivity index (χ0n) is 11.9. The summed E-state index contributed by atoms with van der Waals surface area (Å²) >= 11 is 15.5. The van der Waals surface area contributed by atoms with E-state index < -0.39 is 17.9 Å². The summed E-state index contributed by atoms with van der Waals surface area (Å²) in [5.74, 6) is -1.07. The second-order valence-electron chi connectivity index (χ2n) is 4.84. The Balaban J connectivity index is 2.19. The molecular formula is C16H13BrCl2N2O2. The Labute approximate surface area is 152 Å². The van der Waals surface area contributed by atoms with Crippen LogP contribution in [0.4, 0.5) is 0 Å². The maximum Gasteiger partial charge on any atom is 0.251 e. The third-order valence-corrected chi connectivity index (χ3v) is 4.41. The number of hydrogen-bond acceptors (Lipinski definition) is 2. The first-order valence-corrected chi connectivity index (χ1v) is 8.22. The van der Waals surface area contributed by atoms with E-state index in [2.05, 4.69) is 21.2 Å². The van der Waals surface area contributed by atoms with Gasteiger partial charge in [-0.2, -0.15) is 0 Å². The molecule has 0 aromatic heterocycles. The number of rotatable bonds is 5. The van der Waals surface area contributed by atoms with Crippen LogP contribution in [-0.2, 0) is 11.2 Å². The topological polar surface area (TPSA) is 72.2 Å². The predicted molar refractivity (Wildman–Crippen MR) is 94.8 cm³/mol. The average Bonchev–Trinajstić information content (AvgIpc) is 2.49. The summed E-state index contributed by atoms with van der Waals surface area (Å²) < 4.78 is 0.759. The van der Waals surface area contributed by atoms with Crippen LogP contribution < -0.4 is 11.1 Å². The minimum absolute atomic E-state index is 0.119. The van der Waals surface area contributed by atoms with Crippen LogP contribution in [0.3, 0.4) is 0 Å². The van der Waals surface area contributed by atoms with Crippen molar-refractivity contribution in [3.63, 3.8) is 0 Å². The van der Waals surface area contributed by atoms with Gasteiger partial charge in [-0.3, -0.25) is 9.59 Å². The summed E-state index contributed by atoms with van der Waals surface area (Å²) in [6, 6.07) is 10.9. The lowest BCUT2D eigenvalue weighted by molar-refractivity contribution is -0.119. The number of carbonyl (C=O) groups is 2. The Kier molecular flexibility index (Phi) is 6.04. The Morgan fingerprint density at radius 3 is 2.30 bits per heavy atom. The molecule has 3 N–H and O–H groups in total.